The lowest BCUT2D eigenvalue weighted by molar-refractivity contribution is 0.0919. The van der Waals surface area contributed by atoms with Gasteiger partial charge < -0.3 is 19.2 Å². The Hall–Kier alpha value is -3.38. The van der Waals surface area contributed by atoms with E-state index in [2.05, 4.69) is 10.2 Å². The van der Waals surface area contributed by atoms with Crippen LogP contribution in [0.1, 0.15) is 66.8 Å². The smallest absolute Gasteiger partial charge is 0.251 e. The molecule has 1 aliphatic carbocycles. The van der Waals surface area contributed by atoms with Gasteiger partial charge in [0, 0.05) is 46.7 Å². The Kier molecular flexibility index (Phi) is 7.32. The van der Waals surface area contributed by atoms with Crippen molar-refractivity contribution in [2.24, 2.45) is 5.92 Å². The van der Waals surface area contributed by atoms with Gasteiger partial charge in [0.15, 0.2) is 0 Å². The molecule has 0 bridgehead atoms. The minimum Gasteiger partial charge on any atom is -0.464 e. The molecule has 1 saturated carbocycles. The third kappa shape index (κ3) is 5.56. The number of halogens is 1. The number of fused-ring (bicyclic) bond motifs is 1. The van der Waals surface area contributed by atoms with Crippen LogP contribution in [0.5, 0.6) is 0 Å². The largest absolute Gasteiger partial charge is 0.464 e. The number of amides is 1. The molecule has 3 heterocycles. The maximum atomic E-state index is 13.5. The molecule has 4 aromatic rings. The molecule has 2 aromatic heterocycles. The van der Waals surface area contributed by atoms with Crippen LogP contribution in [-0.4, -0.2) is 41.1 Å². The number of piperidine rings is 1. The molecule has 6 rings (SSSR count). The molecule has 1 N–H and O–H groups in total. The summed E-state index contributed by atoms with van der Waals surface area (Å²) >= 11 is 0. The van der Waals surface area contributed by atoms with Crippen LogP contribution in [0.2, 0.25) is 0 Å². The fourth-order valence-corrected chi connectivity index (χ4v) is 6.33. The highest BCUT2D eigenvalue weighted by atomic mass is 19.1. The minimum absolute atomic E-state index is 0.0333. The number of carbonyl (C=O) groups is 1. The zero-order valence-corrected chi connectivity index (χ0v) is 21.8. The van der Waals surface area contributed by atoms with Crippen molar-refractivity contribution in [3.05, 3.63) is 90.2 Å². The van der Waals surface area contributed by atoms with Crippen molar-refractivity contribution in [1.29, 1.82) is 0 Å². The first-order valence-corrected chi connectivity index (χ1v) is 14.1. The number of likely N-dealkylation sites (tertiary alicyclic amines) is 1. The molecule has 2 aliphatic rings. The molecule has 1 saturated heterocycles. The number of nitrogens with one attached hydrogen (secondary N) is 1. The Morgan fingerprint density at radius 1 is 0.947 bits per heavy atom. The van der Waals surface area contributed by atoms with Crippen molar-refractivity contribution < 1.29 is 13.6 Å². The van der Waals surface area contributed by atoms with Gasteiger partial charge in [-0.15, -0.1) is 0 Å². The zero-order valence-electron chi connectivity index (χ0n) is 21.8. The molecule has 38 heavy (non-hydrogen) atoms. The van der Waals surface area contributed by atoms with Gasteiger partial charge in [-0.1, -0.05) is 0 Å². The second kappa shape index (κ2) is 11.2. The van der Waals surface area contributed by atoms with Gasteiger partial charge in [0.1, 0.15) is 11.4 Å². The van der Waals surface area contributed by atoms with E-state index in [1.165, 1.54) is 37.0 Å². The quantitative estimate of drug-likeness (QED) is 0.292. The van der Waals surface area contributed by atoms with Crippen LogP contribution in [0.4, 0.5) is 4.39 Å². The van der Waals surface area contributed by atoms with Gasteiger partial charge in [-0.25, -0.2) is 4.39 Å². The van der Waals surface area contributed by atoms with Crippen LogP contribution in [0, 0.1) is 11.7 Å². The Labute approximate surface area is 223 Å². The fraction of sp³-hybridized carbons (Fsp3) is 0.406. The Balaban J connectivity index is 0.915. The standard InChI is InChI=1S/C32H36FN3O2/c33-26-7-12-29-30(22-38-31(29)21-26)24-14-19-35(20-15-24)18-13-23-3-8-27(9-4-23)34-32(37)25-5-10-28(11-6-25)36-16-1-2-17-36/h1-2,5-7,10-12,16-17,21-24,27H,3-4,8-9,13-15,18-20H2,(H,34,37). The maximum Gasteiger partial charge on any atom is 0.251 e. The van der Waals surface area contributed by atoms with E-state index < -0.39 is 0 Å². The Morgan fingerprint density at radius 2 is 1.68 bits per heavy atom. The zero-order chi connectivity index (χ0) is 25.9. The SMILES string of the molecule is O=C(NC1CCC(CCN2CCC(c3coc4cc(F)ccc34)CC2)CC1)c1ccc(-n2cccc2)cc1. The van der Waals surface area contributed by atoms with E-state index in [-0.39, 0.29) is 17.8 Å². The predicted molar refractivity (Wildman–Crippen MR) is 148 cm³/mol. The molecule has 5 nitrogen and oxygen atoms in total. The molecular weight excluding hydrogens is 477 g/mol. The number of rotatable bonds is 7. The lowest BCUT2D eigenvalue weighted by atomic mass is 9.83. The summed E-state index contributed by atoms with van der Waals surface area (Å²) in [7, 11) is 0. The number of aromatic nitrogens is 1. The first-order chi connectivity index (χ1) is 18.6. The summed E-state index contributed by atoms with van der Waals surface area (Å²) in [6.07, 6.45) is 13.8. The summed E-state index contributed by atoms with van der Waals surface area (Å²) in [4.78, 5) is 15.4. The molecule has 2 aromatic carbocycles. The molecule has 0 unspecified atom stereocenters. The van der Waals surface area contributed by atoms with Crippen molar-refractivity contribution in [1.82, 2.24) is 14.8 Å². The summed E-state index contributed by atoms with van der Waals surface area (Å²) in [5.41, 5.74) is 3.67. The molecular formula is C32H36FN3O2. The Bertz CT molecular complexity index is 1350. The van der Waals surface area contributed by atoms with Crippen LogP contribution in [0.3, 0.4) is 0 Å². The van der Waals surface area contributed by atoms with E-state index in [0.29, 0.717) is 11.5 Å². The van der Waals surface area contributed by atoms with E-state index in [0.717, 1.165) is 67.9 Å². The molecule has 2 fully saturated rings. The summed E-state index contributed by atoms with van der Waals surface area (Å²) in [6.45, 7) is 3.36. The number of carbonyl (C=O) groups excluding carboxylic acids is 1. The van der Waals surface area contributed by atoms with Gasteiger partial charge in [0.05, 0.1) is 6.26 Å². The number of furan rings is 1. The van der Waals surface area contributed by atoms with Crippen LogP contribution in [0.15, 0.2) is 77.7 Å². The average Bonchev–Trinajstić information content (AvgIpc) is 3.64. The highest BCUT2D eigenvalue weighted by Crippen LogP contribution is 2.35. The lowest BCUT2D eigenvalue weighted by Crippen LogP contribution is -2.38. The van der Waals surface area contributed by atoms with Crippen LogP contribution >= 0.6 is 0 Å². The first kappa shape index (κ1) is 24.9. The Morgan fingerprint density at radius 3 is 2.42 bits per heavy atom. The summed E-state index contributed by atoms with van der Waals surface area (Å²) in [6, 6.07) is 16.9. The molecule has 0 atom stereocenters. The minimum atomic E-state index is -0.247. The van der Waals surface area contributed by atoms with Crippen molar-refractivity contribution in [2.45, 2.75) is 56.9 Å². The summed E-state index contributed by atoms with van der Waals surface area (Å²) in [5, 5.41) is 4.32. The van der Waals surface area contributed by atoms with Crippen molar-refractivity contribution in [3.8, 4) is 5.69 Å². The highest BCUT2D eigenvalue weighted by molar-refractivity contribution is 5.94. The van der Waals surface area contributed by atoms with Crippen LogP contribution in [0.25, 0.3) is 16.7 Å². The topological polar surface area (TPSA) is 50.4 Å². The van der Waals surface area contributed by atoms with E-state index in [4.69, 9.17) is 4.42 Å². The van der Waals surface area contributed by atoms with Gasteiger partial charge in [0.25, 0.3) is 5.91 Å². The van der Waals surface area contributed by atoms with E-state index >= 15 is 0 Å². The maximum absolute atomic E-state index is 13.5. The average molecular weight is 514 g/mol. The van der Waals surface area contributed by atoms with Crippen molar-refractivity contribution >= 4 is 16.9 Å². The van der Waals surface area contributed by atoms with Gasteiger partial charge in [-0.3, -0.25) is 4.79 Å². The van der Waals surface area contributed by atoms with Gasteiger partial charge >= 0.3 is 0 Å². The van der Waals surface area contributed by atoms with Gasteiger partial charge in [-0.05, 0) is 125 Å². The highest BCUT2D eigenvalue weighted by Gasteiger charge is 2.26. The monoisotopic (exact) mass is 513 g/mol. The molecule has 1 amide bonds. The third-order valence-corrected chi connectivity index (χ3v) is 8.66. The predicted octanol–water partition coefficient (Wildman–Crippen LogP) is 6.92. The van der Waals surface area contributed by atoms with Crippen LogP contribution < -0.4 is 5.32 Å². The summed E-state index contributed by atoms with van der Waals surface area (Å²) < 4.78 is 21.2. The van der Waals surface area contributed by atoms with E-state index in [1.54, 1.807) is 0 Å². The second-order valence-corrected chi connectivity index (χ2v) is 11.1. The molecule has 0 radical (unpaired) electrons. The lowest BCUT2D eigenvalue weighted by Gasteiger charge is -2.34. The summed E-state index contributed by atoms with van der Waals surface area (Å²) in [5.74, 6) is 1.02. The number of hydrogen-bond acceptors (Lipinski definition) is 3. The van der Waals surface area contributed by atoms with Gasteiger partial charge in [-0.2, -0.15) is 0 Å². The van der Waals surface area contributed by atoms with E-state index in [9.17, 15) is 9.18 Å². The second-order valence-electron chi connectivity index (χ2n) is 11.1. The van der Waals surface area contributed by atoms with Gasteiger partial charge in [0.2, 0.25) is 0 Å². The number of benzene rings is 2. The molecule has 1 aliphatic heterocycles. The molecule has 198 valence electrons. The van der Waals surface area contributed by atoms with Crippen LogP contribution in [-0.2, 0) is 0 Å². The van der Waals surface area contributed by atoms with Crippen molar-refractivity contribution in [3.63, 3.8) is 0 Å². The third-order valence-electron chi connectivity index (χ3n) is 8.66. The molecule has 6 heteroatoms. The first-order valence-electron chi connectivity index (χ1n) is 14.1. The number of nitrogens with zero attached hydrogens (tertiary/aromatic N) is 2. The number of hydrogen-bond donors (Lipinski definition) is 1. The fourth-order valence-electron chi connectivity index (χ4n) is 6.33. The normalized spacial score (nSPS) is 21.1. The molecule has 0 spiro atoms. The van der Waals surface area contributed by atoms with Crippen molar-refractivity contribution in [2.75, 3.05) is 19.6 Å². The van der Waals surface area contributed by atoms with E-state index in [1.807, 2.05) is 65.7 Å².